The highest BCUT2D eigenvalue weighted by atomic mass is 35.5. The van der Waals surface area contributed by atoms with E-state index in [2.05, 4.69) is 5.32 Å². The van der Waals surface area contributed by atoms with Crippen LogP contribution in [0.2, 0.25) is 5.02 Å². The molecule has 3 rings (SSSR count). The first kappa shape index (κ1) is 29.0. The SMILES string of the molecule is CCOc1ccc(N(CC(=O)N(CCc2ccccc2)[C@@H](C)C(=O)NC)S(=O)(=O)c2ccc(Cl)cc2)cc1. The second kappa shape index (κ2) is 13.3. The van der Waals surface area contributed by atoms with Crippen LogP contribution in [0.3, 0.4) is 0 Å². The lowest BCUT2D eigenvalue weighted by Crippen LogP contribution is -2.51. The van der Waals surface area contributed by atoms with Crippen LogP contribution >= 0.6 is 11.6 Å². The smallest absolute Gasteiger partial charge is 0.264 e. The molecule has 8 nitrogen and oxygen atoms in total. The standard InChI is InChI=1S/C28H32ClN3O5S/c1-4-37-25-14-12-24(13-15-25)32(38(35,36)26-16-10-23(29)11-17-26)20-27(33)31(21(2)28(34)30-3)19-18-22-8-6-5-7-9-22/h5-17,21H,4,18-20H2,1-3H3,(H,30,34)/t21-/m0/s1. The van der Waals surface area contributed by atoms with Gasteiger partial charge >= 0.3 is 0 Å². The summed E-state index contributed by atoms with van der Waals surface area (Å²) in [7, 11) is -2.66. The number of sulfonamides is 1. The molecule has 0 unspecified atom stereocenters. The van der Waals surface area contributed by atoms with E-state index in [1.807, 2.05) is 37.3 Å². The molecular weight excluding hydrogens is 526 g/mol. The van der Waals surface area contributed by atoms with E-state index in [-0.39, 0.29) is 23.0 Å². The molecule has 3 aromatic rings. The lowest BCUT2D eigenvalue weighted by Gasteiger charge is -2.31. The molecule has 0 bridgehead atoms. The summed E-state index contributed by atoms with van der Waals surface area (Å²) in [4.78, 5) is 27.6. The Bertz CT molecular complexity index is 1320. The number of carbonyl (C=O) groups excluding carboxylic acids is 2. The van der Waals surface area contributed by atoms with E-state index in [0.29, 0.717) is 23.8 Å². The van der Waals surface area contributed by atoms with E-state index in [1.54, 1.807) is 31.2 Å². The minimum absolute atomic E-state index is 0.0150. The maximum atomic E-state index is 13.8. The summed E-state index contributed by atoms with van der Waals surface area (Å²) >= 11 is 5.97. The Balaban J connectivity index is 1.97. The van der Waals surface area contributed by atoms with Crippen molar-refractivity contribution in [2.24, 2.45) is 0 Å². The average Bonchev–Trinajstić information content (AvgIpc) is 2.92. The van der Waals surface area contributed by atoms with Gasteiger partial charge in [0, 0.05) is 18.6 Å². The summed E-state index contributed by atoms with van der Waals surface area (Å²) in [5, 5.41) is 2.96. The summed E-state index contributed by atoms with van der Waals surface area (Å²) in [5.41, 5.74) is 1.28. The number of nitrogens with zero attached hydrogens (tertiary/aromatic N) is 2. The predicted molar refractivity (Wildman–Crippen MR) is 149 cm³/mol. The number of benzene rings is 3. The summed E-state index contributed by atoms with van der Waals surface area (Å²) < 4.78 is 34.0. The van der Waals surface area contributed by atoms with E-state index >= 15 is 0 Å². The van der Waals surface area contributed by atoms with Gasteiger partial charge in [0.05, 0.1) is 17.2 Å². The van der Waals surface area contributed by atoms with Gasteiger partial charge in [-0.2, -0.15) is 0 Å². The third-order valence-corrected chi connectivity index (χ3v) is 8.05. The molecule has 0 saturated heterocycles. The maximum absolute atomic E-state index is 13.8. The van der Waals surface area contributed by atoms with Crippen LogP contribution in [0.5, 0.6) is 5.75 Å². The fourth-order valence-electron chi connectivity index (χ4n) is 3.92. The quantitative estimate of drug-likeness (QED) is 0.361. The highest BCUT2D eigenvalue weighted by Crippen LogP contribution is 2.27. The summed E-state index contributed by atoms with van der Waals surface area (Å²) in [6.07, 6.45) is 0.501. The Labute approximate surface area is 229 Å². The van der Waals surface area contributed by atoms with Crippen LogP contribution in [0.15, 0.2) is 83.8 Å². The van der Waals surface area contributed by atoms with Gasteiger partial charge in [-0.15, -0.1) is 0 Å². The number of halogens is 1. The van der Waals surface area contributed by atoms with Gasteiger partial charge in [-0.05, 0) is 74.4 Å². The van der Waals surface area contributed by atoms with E-state index in [9.17, 15) is 18.0 Å². The minimum Gasteiger partial charge on any atom is -0.494 e. The zero-order valence-corrected chi connectivity index (χ0v) is 23.2. The van der Waals surface area contributed by atoms with E-state index in [4.69, 9.17) is 16.3 Å². The average molecular weight is 558 g/mol. The molecule has 202 valence electrons. The van der Waals surface area contributed by atoms with Crippen LogP contribution in [0, 0.1) is 0 Å². The topological polar surface area (TPSA) is 96.0 Å². The van der Waals surface area contributed by atoms with Crippen LogP contribution in [0.25, 0.3) is 0 Å². The highest BCUT2D eigenvalue weighted by Gasteiger charge is 2.32. The molecule has 0 aromatic heterocycles. The fourth-order valence-corrected chi connectivity index (χ4v) is 5.46. The van der Waals surface area contributed by atoms with Crippen molar-refractivity contribution in [3.05, 3.63) is 89.4 Å². The van der Waals surface area contributed by atoms with Gasteiger partial charge in [0.2, 0.25) is 11.8 Å². The lowest BCUT2D eigenvalue weighted by molar-refractivity contribution is -0.138. The van der Waals surface area contributed by atoms with Gasteiger partial charge in [0.1, 0.15) is 18.3 Å². The van der Waals surface area contributed by atoms with Crippen molar-refractivity contribution >= 4 is 39.1 Å². The Morgan fingerprint density at radius 3 is 2.18 bits per heavy atom. The fraction of sp³-hybridized carbons (Fsp3) is 0.286. The molecule has 0 saturated carbocycles. The second-order valence-electron chi connectivity index (χ2n) is 8.51. The summed E-state index contributed by atoms with van der Waals surface area (Å²) in [6, 6.07) is 21.0. The number of hydrogen-bond donors (Lipinski definition) is 1. The number of likely N-dealkylation sites (N-methyl/N-ethyl adjacent to an activating group) is 1. The third kappa shape index (κ3) is 7.26. The van der Waals surface area contributed by atoms with Gasteiger partial charge in [0.15, 0.2) is 0 Å². The molecule has 0 aliphatic rings. The second-order valence-corrected chi connectivity index (χ2v) is 10.8. The highest BCUT2D eigenvalue weighted by molar-refractivity contribution is 7.92. The normalized spacial score (nSPS) is 11.9. The number of rotatable bonds is 12. The molecule has 0 fully saturated rings. The molecule has 0 aliphatic carbocycles. The van der Waals surface area contributed by atoms with Crippen LogP contribution in [0.1, 0.15) is 19.4 Å². The lowest BCUT2D eigenvalue weighted by atomic mass is 10.1. The molecule has 2 amide bonds. The molecule has 10 heteroatoms. The van der Waals surface area contributed by atoms with Crippen LogP contribution < -0.4 is 14.4 Å². The van der Waals surface area contributed by atoms with Crippen LogP contribution in [-0.4, -0.2) is 57.9 Å². The zero-order chi connectivity index (χ0) is 27.7. The molecule has 0 radical (unpaired) electrons. The summed E-state index contributed by atoms with van der Waals surface area (Å²) in [6.45, 7) is 3.65. The van der Waals surface area contributed by atoms with E-state index < -0.39 is 28.5 Å². The van der Waals surface area contributed by atoms with Gasteiger partial charge in [-0.25, -0.2) is 8.42 Å². The monoisotopic (exact) mass is 557 g/mol. The summed E-state index contributed by atoms with van der Waals surface area (Å²) in [5.74, 6) is -0.285. The molecule has 0 spiro atoms. The number of nitrogens with one attached hydrogen (secondary N) is 1. The number of ether oxygens (including phenoxy) is 1. The minimum atomic E-state index is -4.16. The zero-order valence-electron chi connectivity index (χ0n) is 21.6. The van der Waals surface area contributed by atoms with Crippen molar-refractivity contribution in [3.63, 3.8) is 0 Å². The third-order valence-electron chi connectivity index (χ3n) is 6.01. The molecule has 38 heavy (non-hydrogen) atoms. The molecule has 1 atom stereocenters. The number of hydrogen-bond acceptors (Lipinski definition) is 5. The first-order valence-corrected chi connectivity index (χ1v) is 14.0. The Morgan fingerprint density at radius 1 is 0.974 bits per heavy atom. The van der Waals surface area contributed by atoms with Crippen LogP contribution in [0.4, 0.5) is 5.69 Å². The molecule has 0 heterocycles. The molecular formula is C28H32ClN3O5S. The largest absolute Gasteiger partial charge is 0.494 e. The maximum Gasteiger partial charge on any atom is 0.264 e. The van der Waals surface area contributed by atoms with Crippen molar-refractivity contribution < 1.29 is 22.7 Å². The first-order chi connectivity index (χ1) is 18.2. The number of amides is 2. The Hall–Kier alpha value is -3.56. The number of anilines is 1. The Kier molecular flexibility index (Phi) is 10.2. The first-order valence-electron chi connectivity index (χ1n) is 12.2. The number of carbonyl (C=O) groups is 2. The van der Waals surface area contributed by atoms with Gasteiger partial charge in [-0.3, -0.25) is 13.9 Å². The van der Waals surface area contributed by atoms with Gasteiger partial charge in [0.25, 0.3) is 10.0 Å². The molecule has 3 aromatic carbocycles. The van der Waals surface area contributed by atoms with Crippen molar-refractivity contribution in [2.45, 2.75) is 31.2 Å². The Morgan fingerprint density at radius 2 is 1.61 bits per heavy atom. The predicted octanol–water partition coefficient (Wildman–Crippen LogP) is 4.14. The van der Waals surface area contributed by atoms with Crippen molar-refractivity contribution in [2.75, 3.05) is 31.0 Å². The van der Waals surface area contributed by atoms with Gasteiger partial charge in [-0.1, -0.05) is 41.9 Å². The van der Waals surface area contributed by atoms with Crippen molar-refractivity contribution in [3.8, 4) is 5.75 Å². The van der Waals surface area contributed by atoms with Crippen LogP contribution in [-0.2, 0) is 26.0 Å². The van der Waals surface area contributed by atoms with E-state index in [1.165, 1.54) is 36.2 Å². The van der Waals surface area contributed by atoms with Crippen molar-refractivity contribution in [1.29, 1.82) is 0 Å². The van der Waals surface area contributed by atoms with Crippen molar-refractivity contribution in [1.82, 2.24) is 10.2 Å². The molecule has 0 aliphatic heterocycles. The van der Waals surface area contributed by atoms with Gasteiger partial charge < -0.3 is 15.0 Å². The van der Waals surface area contributed by atoms with E-state index in [0.717, 1.165) is 9.87 Å². The molecule has 1 N–H and O–H groups in total.